The first-order chi connectivity index (χ1) is 21.0. The van der Waals surface area contributed by atoms with Gasteiger partial charge in [0.2, 0.25) is 11.9 Å². The maximum atomic E-state index is 12.0. The maximum Gasteiger partial charge on any atom is 0.337 e. The number of carbonyl (C=O) groups is 2. The smallest absolute Gasteiger partial charge is 0.337 e. The number of carbonyl (C=O) groups excluding carboxylic acids is 1. The molecular formula is C27H19N7O9S. The van der Waals surface area contributed by atoms with Crippen LogP contribution in [0.15, 0.2) is 87.9 Å². The molecule has 0 aliphatic heterocycles. The fourth-order valence-electron chi connectivity index (χ4n) is 4.03. The Morgan fingerprint density at radius 2 is 1.50 bits per heavy atom. The summed E-state index contributed by atoms with van der Waals surface area (Å²) in [5.41, 5.74) is -0.117. The summed E-state index contributed by atoms with van der Waals surface area (Å²) < 4.78 is 38.7. The number of nitrogens with zero attached hydrogens (tertiary/aromatic N) is 5. The normalized spacial score (nSPS) is 11.4. The van der Waals surface area contributed by atoms with Gasteiger partial charge >= 0.3 is 12.0 Å². The van der Waals surface area contributed by atoms with Crippen LogP contribution in [0, 0.1) is 0 Å². The molecule has 222 valence electrons. The Balaban J connectivity index is 1.59. The number of carboxylic acids is 1. The fourth-order valence-corrected chi connectivity index (χ4v) is 4.57. The third kappa shape index (κ3) is 6.32. The third-order valence-corrected chi connectivity index (χ3v) is 6.75. The van der Waals surface area contributed by atoms with E-state index in [1.54, 1.807) is 24.3 Å². The summed E-state index contributed by atoms with van der Waals surface area (Å²) in [5.74, 6) is -2.15. The molecule has 6 N–H and O–H groups in total. The molecule has 0 radical (unpaired) electrons. The molecule has 0 saturated heterocycles. The molecule has 17 heteroatoms. The zero-order chi connectivity index (χ0) is 31.4. The number of benzene rings is 4. The Morgan fingerprint density at radius 1 is 0.841 bits per heavy atom. The highest BCUT2D eigenvalue weighted by atomic mass is 32.2. The highest BCUT2D eigenvalue weighted by molar-refractivity contribution is 7.85. The summed E-state index contributed by atoms with van der Waals surface area (Å²) in [7, 11) is -4.73. The summed E-state index contributed by atoms with van der Waals surface area (Å²) in [5, 5.41) is 44.2. The molecule has 0 fully saturated rings. The van der Waals surface area contributed by atoms with Crippen molar-refractivity contribution in [1.82, 2.24) is 15.0 Å². The molecule has 4 aromatic carbocycles. The van der Waals surface area contributed by atoms with Gasteiger partial charge in [0.05, 0.1) is 21.8 Å². The number of hydrogen-bond donors (Lipinski definition) is 6. The average Bonchev–Trinajstić information content (AvgIpc) is 2.97. The van der Waals surface area contributed by atoms with E-state index in [2.05, 4.69) is 35.8 Å². The van der Waals surface area contributed by atoms with Crippen LogP contribution in [0.25, 0.3) is 10.8 Å². The Morgan fingerprint density at radius 3 is 2.20 bits per heavy atom. The van der Waals surface area contributed by atoms with E-state index in [4.69, 9.17) is 4.74 Å². The van der Waals surface area contributed by atoms with Crippen LogP contribution in [0.2, 0.25) is 0 Å². The monoisotopic (exact) mass is 617 g/mol. The molecule has 1 heterocycles. The van der Waals surface area contributed by atoms with Crippen LogP contribution in [0.4, 0.5) is 34.6 Å². The van der Waals surface area contributed by atoms with E-state index in [1.807, 2.05) is 0 Å². The second-order valence-electron chi connectivity index (χ2n) is 8.74. The van der Waals surface area contributed by atoms with Crippen LogP contribution in [0.3, 0.4) is 0 Å². The second kappa shape index (κ2) is 12.0. The number of fused-ring (bicyclic) bond motifs is 1. The molecule has 0 aliphatic rings. The number of hydrogen-bond acceptors (Lipinski definition) is 14. The molecule has 0 aliphatic carbocycles. The first-order valence-corrected chi connectivity index (χ1v) is 13.7. The number of ether oxygens (including phenoxy) is 1. The number of carboxylic acid groups (broad SMARTS) is 1. The minimum absolute atomic E-state index is 0.0142. The molecule has 0 bridgehead atoms. The van der Waals surface area contributed by atoms with Gasteiger partial charge in [-0.1, -0.05) is 30.3 Å². The molecule has 0 atom stereocenters. The van der Waals surface area contributed by atoms with Crippen molar-refractivity contribution in [2.24, 2.45) is 10.2 Å². The average molecular weight is 618 g/mol. The molecule has 0 saturated carbocycles. The van der Waals surface area contributed by atoms with E-state index in [0.29, 0.717) is 0 Å². The predicted molar refractivity (Wildman–Crippen MR) is 154 cm³/mol. The van der Waals surface area contributed by atoms with E-state index < -0.39 is 32.7 Å². The van der Waals surface area contributed by atoms with Gasteiger partial charge in [-0.25, -0.2) is 4.79 Å². The topological polar surface area (TPSA) is 246 Å². The number of azo groups is 1. The summed E-state index contributed by atoms with van der Waals surface area (Å²) in [4.78, 5) is 33.5. The predicted octanol–water partition coefficient (Wildman–Crippen LogP) is 4.82. The van der Waals surface area contributed by atoms with Crippen molar-refractivity contribution in [3.8, 4) is 17.5 Å². The van der Waals surface area contributed by atoms with Crippen LogP contribution < -0.4 is 15.4 Å². The molecule has 0 unspecified atom stereocenters. The number of aromatic nitrogens is 3. The minimum Gasteiger partial charge on any atom is -0.505 e. The van der Waals surface area contributed by atoms with Gasteiger partial charge < -0.3 is 30.7 Å². The molecule has 1 aromatic heterocycles. The molecule has 0 spiro atoms. The third-order valence-electron chi connectivity index (χ3n) is 5.92. The number of aromatic carboxylic acids is 1. The van der Waals surface area contributed by atoms with E-state index in [-0.39, 0.29) is 63.2 Å². The number of aromatic hydroxyl groups is 2. The molecule has 5 rings (SSSR count). The Bertz CT molecular complexity index is 2070. The molecule has 0 amide bonds. The van der Waals surface area contributed by atoms with Crippen LogP contribution in [-0.4, -0.2) is 55.7 Å². The van der Waals surface area contributed by atoms with Crippen molar-refractivity contribution < 1.29 is 42.6 Å². The van der Waals surface area contributed by atoms with E-state index in [0.717, 1.165) is 12.1 Å². The molecule has 16 nitrogen and oxygen atoms in total. The first kappa shape index (κ1) is 29.3. The lowest BCUT2D eigenvalue weighted by atomic mass is 10.1. The van der Waals surface area contributed by atoms with Crippen LogP contribution in [-0.2, 0) is 14.9 Å². The summed E-state index contributed by atoms with van der Waals surface area (Å²) in [6.07, 6.45) is 0. The van der Waals surface area contributed by atoms with Gasteiger partial charge in [0, 0.05) is 5.39 Å². The molecule has 44 heavy (non-hydrogen) atoms. The maximum absolute atomic E-state index is 12.0. The molecule has 5 aromatic rings. The largest absolute Gasteiger partial charge is 0.505 e. The van der Waals surface area contributed by atoms with Crippen molar-refractivity contribution in [1.29, 1.82) is 0 Å². The van der Waals surface area contributed by atoms with Crippen molar-refractivity contribution in [3.63, 3.8) is 0 Å². The van der Waals surface area contributed by atoms with Crippen LogP contribution in [0.1, 0.15) is 10.4 Å². The van der Waals surface area contributed by atoms with Crippen molar-refractivity contribution in [2.45, 2.75) is 4.90 Å². The summed E-state index contributed by atoms with van der Waals surface area (Å²) >= 11 is 0. The number of rotatable bonds is 10. The highest BCUT2D eigenvalue weighted by Gasteiger charge is 2.19. The van der Waals surface area contributed by atoms with Crippen molar-refractivity contribution in [2.75, 3.05) is 10.6 Å². The number of phenolic OH excluding ortho intramolecular Hbond substituents is 1. The Hall–Kier alpha value is -6.20. The van der Waals surface area contributed by atoms with Crippen molar-refractivity contribution >= 4 is 68.0 Å². The number of anilines is 4. The van der Waals surface area contributed by atoms with Gasteiger partial charge in [-0.3, -0.25) is 9.35 Å². The van der Waals surface area contributed by atoms with E-state index >= 15 is 0 Å². The lowest BCUT2D eigenvalue weighted by Crippen LogP contribution is -2.06. The van der Waals surface area contributed by atoms with Crippen molar-refractivity contribution in [3.05, 3.63) is 78.4 Å². The van der Waals surface area contributed by atoms with E-state index in [1.165, 1.54) is 36.4 Å². The molecular weight excluding hydrogens is 598 g/mol. The van der Waals surface area contributed by atoms with Gasteiger partial charge in [-0.15, -0.1) is 10.2 Å². The number of phenols is 1. The van der Waals surface area contributed by atoms with Gasteiger partial charge in [-0.2, -0.15) is 23.4 Å². The quantitative estimate of drug-likeness (QED) is 0.0699. The standard InChI is InChI=1S/C27H19N7O9S/c35-13-43-21-8-4-3-7-18(21)28-25-30-26(32-27(39)31-25)29-20-12-15(44(40,41)42)11-14-9-10-19(23(36)22(14)20)34-33-17-6-2-1-5-16(17)24(37)38/h1-13,36H,(H,37,38)(H,40,41,42)(H3,28,29,30,31,32,39). The van der Waals surface area contributed by atoms with E-state index in [9.17, 15) is 37.9 Å². The zero-order valence-electron chi connectivity index (χ0n) is 22.0. The lowest BCUT2D eigenvalue weighted by Gasteiger charge is -2.14. The highest BCUT2D eigenvalue weighted by Crippen LogP contribution is 2.42. The zero-order valence-corrected chi connectivity index (χ0v) is 22.8. The first-order valence-electron chi connectivity index (χ1n) is 12.2. The van der Waals surface area contributed by atoms with Gasteiger partial charge in [-0.05, 0) is 47.9 Å². The summed E-state index contributed by atoms with van der Waals surface area (Å²) in [6.45, 7) is 0.219. The van der Waals surface area contributed by atoms with Crippen LogP contribution in [0.5, 0.6) is 17.5 Å². The van der Waals surface area contributed by atoms with Crippen LogP contribution >= 0.6 is 0 Å². The van der Waals surface area contributed by atoms with Gasteiger partial charge in [0.25, 0.3) is 16.6 Å². The Labute approximate surface area is 247 Å². The van der Waals surface area contributed by atoms with Gasteiger partial charge in [0.1, 0.15) is 11.4 Å². The number of para-hydroxylation sites is 2. The fraction of sp³-hybridized carbons (Fsp3) is 0. The SMILES string of the molecule is O=COc1ccccc1Nc1nc(O)nc(Nc2cc(S(=O)(=O)O)cc3ccc(N=Nc4ccccc4C(=O)O)c(O)c23)n1. The number of nitrogens with one attached hydrogen (secondary N) is 2. The lowest BCUT2D eigenvalue weighted by molar-refractivity contribution is -0.120. The Kier molecular flexibility index (Phi) is 7.96. The van der Waals surface area contributed by atoms with Gasteiger partial charge in [0.15, 0.2) is 11.5 Å². The second-order valence-corrected chi connectivity index (χ2v) is 10.2. The minimum atomic E-state index is -4.73. The summed E-state index contributed by atoms with van der Waals surface area (Å²) in [6, 6.07) is 16.1.